The summed E-state index contributed by atoms with van der Waals surface area (Å²) in [6.07, 6.45) is 1.20. The van der Waals surface area contributed by atoms with Crippen LogP contribution in [0.25, 0.3) is 5.69 Å². The SMILES string of the molecule is Cc1ccc(-n2nc(C)c(NC(=O)CN3C(=O)N[C@]4(CCc5ccccc54)C3=O)c2C)cc1. The van der Waals surface area contributed by atoms with Crippen molar-refractivity contribution in [1.29, 1.82) is 0 Å². The molecule has 2 heterocycles. The molecule has 8 heteroatoms. The molecule has 3 aromatic rings. The van der Waals surface area contributed by atoms with Crippen molar-refractivity contribution in [3.63, 3.8) is 0 Å². The fraction of sp³-hybridized carbons (Fsp3) is 0.280. The van der Waals surface area contributed by atoms with Crippen LogP contribution in [0.4, 0.5) is 10.5 Å². The molecule has 0 radical (unpaired) electrons. The lowest BCUT2D eigenvalue weighted by atomic mass is 9.92. The first-order valence-electron chi connectivity index (χ1n) is 11.0. The molecule has 168 valence electrons. The van der Waals surface area contributed by atoms with Crippen LogP contribution in [0.1, 0.15) is 34.5 Å². The predicted molar refractivity (Wildman–Crippen MR) is 123 cm³/mol. The molecule has 1 aliphatic heterocycles. The number of hydrogen-bond acceptors (Lipinski definition) is 4. The standard InChI is InChI=1S/C25H25N5O3/c1-15-8-10-19(11-9-15)30-17(3)22(16(2)28-30)26-21(31)14-29-23(32)25(27-24(29)33)13-12-18-6-4-5-7-20(18)25/h4-11H,12-14H2,1-3H3,(H,26,31)(H,27,33)/t25-/m0/s1. The Kier molecular flexibility index (Phi) is 4.81. The van der Waals surface area contributed by atoms with Gasteiger partial charge in [-0.2, -0.15) is 5.10 Å². The number of carbonyl (C=O) groups is 3. The van der Waals surface area contributed by atoms with Gasteiger partial charge in [-0.25, -0.2) is 9.48 Å². The van der Waals surface area contributed by atoms with E-state index in [0.29, 0.717) is 24.2 Å². The second kappa shape index (κ2) is 7.58. The number of urea groups is 1. The molecule has 1 aromatic heterocycles. The summed E-state index contributed by atoms with van der Waals surface area (Å²) in [4.78, 5) is 39.9. The molecular weight excluding hydrogens is 418 g/mol. The minimum Gasteiger partial charge on any atom is -0.321 e. The third-order valence-corrected chi connectivity index (χ3v) is 6.56. The number of rotatable bonds is 4. The molecule has 0 bridgehead atoms. The highest BCUT2D eigenvalue weighted by Gasteiger charge is 2.55. The summed E-state index contributed by atoms with van der Waals surface area (Å²) in [6.45, 7) is 5.34. The number of imide groups is 1. The zero-order chi connectivity index (χ0) is 23.3. The van der Waals surface area contributed by atoms with E-state index in [9.17, 15) is 14.4 Å². The molecule has 2 aliphatic rings. The Bertz CT molecular complexity index is 1290. The van der Waals surface area contributed by atoms with E-state index in [4.69, 9.17) is 0 Å². The van der Waals surface area contributed by atoms with Gasteiger partial charge in [-0.05, 0) is 56.9 Å². The van der Waals surface area contributed by atoms with Gasteiger partial charge in [-0.1, -0.05) is 42.0 Å². The smallest absolute Gasteiger partial charge is 0.321 e. The van der Waals surface area contributed by atoms with Gasteiger partial charge in [-0.3, -0.25) is 14.5 Å². The molecule has 2 N–H and O–H groups in total. The number of benzene rings is 2. The van der Waals surface area contributed by atoms with Crippen molar-refractivity contribution in [2.45, 2.75) is 39.2 Å². The summed E-state index contributed by atoms with van der Waals surface area (Å²) in [6, 6.07) is 15.0. The van der Waals surface area contributed by atoms with E-state index >= 15 is 0 Å². The number of fused-ring (bicyclic) bond motifs is 2. The van der Waals surface area contributed by atoms with Crippen molar-refractivity contribution in [1.82, 2.24) is 20.0 Å². The second-order valence-corrected chi connectivity index (χ2v) is 8.73. The van der Waals surface area contributed by atoms with Gasteiger partial charge in [0.25, 0.3) is 5.91 Å². The Morgan fingerprint density at radius 3 is 2.58 bits per heavy atom. The molecule has 1 aliphatic carbocycles. The molecule has 1 spiro atoms. The van der Waals surface area contributed by atoms with E-state index in [0.717, 1.165) is 33.0 Å². The Balaban J connectivity index is 1.35. The normalized spacial score (nSPS) is 19.2. The minimum atomic E-state index is -1.07. The first-order chi connectivity index (χ1) is 15.8. The minimum absolute atomic E-state index is 0.358. The number of nitrogens with zero attached hydrogens (tertiary/aromatic N) is 3. The summed E-state index contributed by atoms with van der Waals surface area (Å²) in [7, 11) is 0. The zero-order valence-electron chi connectivity index (χ0n) is 18.8. The largest absolute Gasteiger partial charge is 0.325 e. The number of aryl methyl sites for hydroxylation is 3. The van der Waals surface area contributed by atoms with Gasteiger partial charge in [0.1, 0.15) is 12.1 Å². The zero-order valence-corrected chi connectivity index (χ0v) is 18.8. The molecule has 4 amide bonds. The van der Waals surface area contributed by atoms with Gasteiger partial charge >= 0.3 is 6.03 Å². The Hall–Kier alpha value is -3.94. The number of anilines is 1. The van der Waals surface area contributed by atoms with Gasteiger partial charge in [0.05, 0.1) is 22.8 Å². The van der Waals surface area contributed by atoms with Crippen LogP contribution in [0.15, 0.2) is 48.5 Å². The average molecular weight is 444 g/mol. The second-order valence-electron chi connectivity index (χ2n) is 8.73. The first kappa shape index (κ1) is 20.9. The molecule has 1 atom stereocenters. The van der Waals surface area contributed by atoms with Crippen molar-refractivity contribution >= 4 is 23.5 Å². The highest BCUT2D eigenvalue weighted by Crippen LogP contribution is 2.41. The predicted octanol–water partition coefficient (Wildman–Crippen LogP) is 3.13. The van der Waals surface area contributed by atoms with Crippen molar-refractivity contribution < 1.29 is 14.4 Å². The third kappa shape index (κ3) is 3.29. The fourth-order valence-electron chi connectivity index (χ4n) is 4.82. The monoisotopic (exact) mass is 443 g/mol. The quantitative estimate of drug-likeness (QED) is 0.606. The lowest BCUT2D eigenvalue weighted by Crippen LogP contribution is -2.43. The average Bonchev–Trinajstić information content (AvgIpc) is 3.39. The highest BCUT2D eigenvalue weighted by atomic mass is 16.2. The molecule has 5 rings (SSSR count). The number of carbonyl (C=O) groups excluding carboxylic acids is 3. The molecular formula is C25H25N5O3. The van der Waals surface area contributed by atoms with Crippen LogP contribution in [0.3, 0.4) is 0 Å². The van der Waals surface area contributed by atoms with E-state index in [-0.39, 0.29) is 12.5 Å². The van der Waals surface area contributed by atoms with Gasteiger partial charge in [-0.15, -0.1) is 0 Å². The van der Waals surface area contributed by atoms with Gasteiger partial charge in [0.15, 0.2) is 0 Å². The van der Waals surface area contributed by atoms with Crippen LogP contribution in [-0.2, 0) is 21.5 Å². The van der Waals surface area contributed by atoms with Crippen molar-refractivity contribution in [3.05, 3.63) is 76.6 Å². The molecule has 1 saturated heterocycles. The maximum absolute atomic E-state index is 13.3. The van der Waals surface area contributed by atoms with Crippen LogP contribution in [-0.4, -0.2) is 39.1 Å². The van der Waals surface area contributed by atoms with E-state index < -0.39 is 17.5 Å². The number of nitrogens with one attached hydrogen (secondary N) is 2. The fourth-order valence-corrected chi connectivity index (χ4v) is 4.82. The van der Waals surface area contributed by atoms with Crippen molar-refractivity contribution in [3.8, 4) is 5.69 Å². The lowest BCUT2D eigenvalue weighted by molar-refractivity contribution is -0.134. The molecule has 1 fully saturated rings. The molecule has 0 saturated carbocycles. The molecule has 2 aromatic carbocycles. The number of amides is 4. The summed E-state index contributed by atoms with van der Waals surface area (Å²) < 4.78 is 1.77. The lowest BCUT2D eigenvalue weighted by Gasteiger charge is -2.22. The summed E-state index contributed by atoms with van der Waals surface area (Å²) >= 11 is 0. The van der Waals surface area contributed by atoms with Gasteiger partial charge in [0.2, 0.25) is 5.91 Å². The third-order valence-electron chi connectivity index (χ3n) is 6.56. The Morgan fingerprint density at radius 1 is 1.09 bits per heavy atom. The van der Waals surface area contributed by atoms with Crippen LogP contribution < -0.4 is 10.6 Å². The van der Waals surface area contributed by atoms with E-state index in [2.05, 4.69) is 15.7 Å². The van der Waals surface area contributed by atoms with Crippen molar-refractivity contribution in [2.24, 2.45) is 0 Å². The number of hydrogen-bond donors (Lipinski definition) is 2. The van der Waals surface area contributed by atoms with E-state index in [1.807, 2.05) is 69.3 Å². The summed E-state index contributed by atoms with van der Waals surface area (Å²) in [5, 5.41) is 10.2. The Morgan fingerprint density at radius 2 is 1.82 bits per heavy atom. The summed E-state index contributed by atoms with van der Waals surface area (Å²) in [5.74, 6) is -0.826. The van der Waals surface area contributed by atoms with Crippen LogP contribution in [0.5, 0.6) is 0 Å². The maximum Gasteiger partial charge on any atom is 0.325 e. The summed E-state index contributed by atoms with van der Waals surface area (Å²) in [5.41, 5.74) is 4.82. The van der Waals surface area contributed by atoms with Crippen molar-refractivity contribution in [2.75, 3.05) is 11.9 Å². The van der Waals surface area contributed by atoms with Crippen LogP contribution >= 0.6 is 0 Å². The van der Waals surface area contributed by atoms with Gasteiger partial charge in [0, 0.05) is 0 Å². The Labute approximate surface area is 191 Å². The van der Waals surface area contributed by atoms with Crippen LogP contribution in [0.2, 0.25) is 0 Å². The van der Waals surface area contributed by atoms with Crippen LogP contribution in [0, 0.1) is 20.8 Å². The van der Waals surface area contributed by atoms with Gasteiger partial charge < -0.3 is 10.6 Å². The molecule has 8 nitrogen and oxygen atoms in total. The topological polar surface area (TPSA) is 96.3 Å². The first-order valence-corrected chi connectivity index (χ1v) is 11.0. The van der Waals surface area contributed by atoms with E-state index in [1.165, 1.54) is 0 Å². The maximum atomic E-state index is 13.3. The molecule has 33 heavy (non-hydrogen) atoms. The highest BCUT2D eigenvalue weighted by molar-refractivity contribution is 6.11. The number of aromatic nitrogens is 2. The van der Waals surface area contributed by atoms with E-state index in [1.54, 1.807) is 4.68 Å². The molecule has 0 unspecified atom stereocenters.